The molecule has 0 fully saturated rings. The van der Waals surface area contributed by atoms with Gasteiger partial charge in [-0.15, -0.1) is 0 Å². The molecule has 4 heteroatoms. The molecule has 0 aliphatic heterocycles. The second-order valence-electron chi connectivity index (χ2n) is 4.64. The quantitative estimate of drug-likeness (QED) is 0.795. The standard InChI is InChI=1S/C14H20F3N/c1-3-7-13(12-8-5-4-6-9-12)18-11(2)10-14(15,16)17/h4-6,8-9,11,13,18H,3,7,10H2,1-2H3. The average Bonchev–Trinajstić information content (AvgIpc) is 2.27. The van der Waals surface area contributed by atoms with Gasteiger partial charge in [0.15, 0.2) is 0 Å². The summed E-state index contributed by atoms with van der Waals surface area (Å²) in [5, 5.41) is 3.07. The van der Waals surface area contributed by atoms with E-state index >= 15 is 0 Å². The maximum absolute atomic E-state index is 12.3. The van der Waals surface area contributed by atoms with E-state index in [1.54, 1.807) is 6.92 Å². The first-order chi connectivity index (χ1) is 8.42. The van der Waals surface area contributed by atoms with Crippen molar-refractivity contribution in [3.05, 3.63) is 35.9 Å². The predicted molar refractivity (Wildman–Crippen MR) is 67.4 cm³/mol. The number of nitrogens with one attached hydrogen (secondary N) is 1. The van der Waals surface area contributed by atoms with Gasteiger partial charge in [-0.2, -0.15) is 13.2 Å². The summed E-state index contributed by atoms with van der Waals surface area (Å²) in [6.45, 7) is 3.62. The van der Waals surface area contributed by atoms with Crippen LogP contribution in [0.15, 0.2) is 30.3 Å². The molecule has 0 saturated heterocycles. The van der Waals surface area contributed by atoms with E-state index in [-0.39, 0.29) is 6.04 Å². The highest BCUT2D eigenvalue weighted by atomic mass is 19.4. The van der Waals surface area contributed by atoms with Crippen molar-refractivity contribution in [2.75, 3.05) is 0 Å². The van der Waals surface area contributed by atoms with Gasteiger partial charge in [0.2, 0.25) is 0 Å². The molecule has 1 rings (SSSR count). The van der Waals surface area contributed by atoms with Gasteiger partial charge in [0.05, 0.1) is 6.42 Å². The molecule has 0 bridgehead atoms. The van der Waals surface area contributed by atoms with Crippen LogP contribution >= 0.6 is 0 Å². The highest BCUT2D eigenvalue weighted by molar-refractivity contribution is 5.18. The second kappa shape index (κ2) is 6.78. The molecule has 102 valence electrons. The van der Waals surface area contributed by atoms with Crippen molar-refractivity contribution in [3.63, 3.8) is 0 Å². The molecule has 1 aromatic carbocycles. The first-order valence-electron chi connectivity index (χ1n) is 6.30. The highest BCUT2D eigenvalue weighted by Crippen LogP contribution is 2.24. The summed E-state index contributed by atoms with van der Waals surface area (Å²) in [5.74, 6) is 0. The Hall–Kier alpha value is -1.03. The number of hydrogen-bond acceptors (Lipinski definition) is 1. The molecule has 2 atom stereocenters. The Balaban J connectivity index is 2.64. The lowest BCUT2D eigenvalue weighted by molar-refractivity contribution is -0.139. The Kier molecular flexibility index (Phi) is 5.66. The summed E-state index contributed by atoms with van der Waals surface area (Å²) in [6.07, 6.45) is -3.13. The SMILES string of the molecule is CCCC(NC(C)CC(F)(F)F)c1ccccc1. The Labute approximate surface area is 106 Å². The van der Waals surface area contributed by atoms with Gasteiger partial charge in [0.1, 0.15) is 0 Å². The predicted octanol–water partition coefficient (Wildman–Crippen LogP) is 4.46. The fourth-order valence-electron chi connectivity index (χ4n) is 2.07. The van der Waals surface area contributed by atoms with Crippen LogP contribution in [0, 0.1) is 0 Å². The molecule has 0 saturated carbocycles. The molecular weight excluding hydrogens is 239 g/mol. The van der Waals surface area contributed by atoms with Crippen molar-refractivity contribution in [2.45, 2.75) is 51.4 Å². The number of alkyl halides is 3. The van der Waals surface area contributed by atoms with E-state index in [1.165, 1.54) is 0 Å². The Morgan fingerprint density at radius 3 is 2.28 bits per heavy atom. The van der Waals surface area contributed by atoms with Gasteiger partial charge in [0.25, 0.3) is 0 Å². The van der Waals surface area contributed by atoms with Gasteiger partial charge in [0, 0.05) is 12.1 Å². The van der Waals surface area contributed by atoms with Crippen LogP contribution in [0.5, 0.6) is 0 Å². The van der Waals surface area contributed by atoms with Gasteiger partial charge >= 0.3 is 6.18 Å². The Bertz CT molecular complexity index is 335. The number of rotatable bonds is 6. The van der Waals surface area contributed by atoms with Crippen molar-refractivity contribution >= 4 is 0 Å². The topological polar surface area (TPSA) is 12.0 Å². The van der Waals surface area contributed by atoms with Crippen LogP contribution < -0.4 is 5.32 Å². The minimum Gasteiger partial charge on any atom is -0.307 e. The maximum Gasteiger partial charge on any atom is 0.390 e. The van der Waals surface area contributed by atoms with E-state index in [9.17, 15) is 13.2 Å². The van der Waals surface area contributed by atoms with Gasteiger partial charge < -0.3 is 5.32 Å². The molecule has 0 aliphatic rings. The maximum atomic E-state index is 12.3. The van der Waals surface area contributed by atoms with Crippen LogP contribution in [0.3, 0.4) is 0 Å². The fourth-order valence-corrected chi connectivity index (χ4v) is 2.07. The number of benzene rings is 1. The normalized spacial score (nSPS) is 15.4. The van der Waals surface area contributed by atoms with Crippen molar-refractivity contribution < 1.29 is 13.2 Å². The highest BCUT2D eigenvalue weighted by Gasteiger charge is 2.30. The van der Waals surface area contributed by atoms with Crippen LogP contribution in [0.25, 0.3) is 0 Å². The smallest absolute Gasteiger partial charge is 0.307 e. The lowest BCUT2D eigenvalue weighted by Crippen LogP contribution is -2.34. The summed E-state index contributed by atoms with van der Waals surface area (Å²) < 4.78 is 36.9. The van der Waals surface area contributed by atoms with Crippen molar-refractivity contribution in [2.24, 2.45) is 0 Å². The van der Waals surface area contributed by atoms with E-state index in [0.29, 0.717) is 0 Å². The van der Waals surface area contributed by atoms with E-state index in [1.807, 2.05) is 37.3 Å². The van der Waals surface area contributed by atoms with E-state index < -0.39 is 18.6 Å². The molecule has 1 N–H and O–H groups in total. The lowest BCUT2D eigenvalue weighted by Gasteiger charge is -2.24. The molecule has 0 aromatic heterocycles. The minimum atomic E-state index is -4.11. The van der Waals surface area contributed by atoms with Crippen LogP contribution in [0.4, 0.5) is 13.2 Å². The summed E-state index contributed by atoms with van der Waals surface area (Å²) in [5.41, 5.74) is 1.05. The largest absolute Gasteiger partial charge is 0.390 e. The number of hydrogen-bond donors (Lipinski definition) is 1. The molecule has 1 nitrogen and oxygen atoms in total. The third kappa shape index (κ3) is 5.54. The van der Waals surface area contributed by atoms with E-state index in [4.69, 9.17) is 0 Å². The third-order valence-corrected chi connectivity index (χ3v) is 2.80. The minimum absolute atomic E-state index is 0.00597. The molecule has 0 heterocycles. The van der Waals surface area contributed by atoms with Crippen molar-refractivity contribution in [3.8, 4) is 0 Å². The average molecular weight is 259 g/mol. The van der Waals surface area contributed by atoms with Crippen LogP contribution in [-0.2, 0) is 0 Å². The van der Waals surface area contributed by atoms with Gasteiger partial charge in [-0.3, -0.25) is 0 Å². The Morgan fingerprint density at radius 1 is 1.17 bits per heavy atom. The lowest BCUT2D eigenvalue weighted by atomic mass is 10.0. The second-order valence-corrected chi connectivity index (χ2v) is 4.64. The molecule has 0 amide bonds. The summed E-state index contributed by atoms with van der Waals surface area (Å²) >= 11 is 0. The van der Waals surface area contributed by atoms with Gasteiger partial charge in [-0.25, -0.2) is 0 Å². The third-order valence-electron chi connectivity index (χ3n) is 2.80. The molecule has 2 unspecified atom stereocenters. The molecule has 18 heavy (non-hydrogen) atoms. The molecule has 0 aliphatic carbocycles. The zero-order chi connectivity index (χ0) is 13.6. The monoisotopic (exact) mass is 259 g/mol. The zero-order valence-electron chi connectivity index (χ0n) is 10.8. The number of halogens is 3. The summed E-state index contributed by atoms with van der Waals surface area (Å²) in [6, 6.07) is 9.06. The first-order valence-corrected chi connectivity index (χ1v) is 6.30. The van der Waals surface area contributed by atoms with Crippen molar-refractivity contribution in [1.82, 2.24) is 5.32 Å². The summed E-state index contributed by atoms with van der Waals surface area (Å²) in [7, 11) is 0. The van der Waals surface area contributed by atoms with E-state index in [2.05, 4.69) is 5.32 Å². The van der Waals surface area contributed by atoms with Crippen LogP contribution in [-0.4, -0.2) is 12.2 Å². The van der Waals surface area contributed by atoms with Crippen molar-refractivity contribution in [1.29, 1.82) is 0 Å². The first kappa shape index (κ1) is 15.0. The van der Waals surface area contributed by atoms with Crippen LogP contribution in [0.1, 0.15) is 44.7 Å². The molecular formula is C14H20F3N. The molecule has 0 radical (unpaired) electrons. The van der Waals surface area contributed by atoms with Gasteiger partial charge in [-0.1, -0.05) is 43.7 Å². The zero-order valence-corrected chi connectivity index (χ0v) is 10.8. The van der Waals surface area contributed by atoms with Crippen LogP contribution in [0.2, 0.25) is 0 Å². The molecule has 0 spiro atoms. The summed E-state index contributed by atoms with van der Waals surface area (Å²) in [4.78, 5) is 0. The van der Waals surface area contributed by atoms with Gasteiger partial charge in [-0.05, 0) is 18.9 Å². The fraction of sp³-hybridized carbons (Fsp3) is 0.571. The Morgan fingerprint density at radius 2 is 1.78 bits per heavy atom. The molecule has 1 aromatic rings. The van der Waals surface area contributed by atoms with E-state index in [0.717, 1.165) is 18.4 Å².